The first-order valence-corrected chi connectivity index (χ1v) is 9.57. The molecule has 0 atom stereocenters. The van der Waals surface area contributed by atoms with Gasteiger partial charge in [0.15, 0.2) is 0 Å². The van der Waals surface area contributed by atoms with E-state index in [9.17, 15) is 4.79 Å². The van der Waals surface area contributed by atoms with Gasteiger partial charge in [0, 0.05) is 55.5 Å². The standard InChI is InChI=1S/C22H26N4O/c1-16-15-20(17(2)26(16)19-7-5-4-6-8-19)22(27)25-12-9-18(10-13-25)21-23-11-14-24(21)3/h4-8,11,14-15,18H,9-10,12-13H2,1-3H3. The van der Waals surface area contributed by atoms with Gasteiger partial charge in [-0.15, -0.1) is 0 Å². The van der Waals surface area contributed by atoms with Gasteiger partial charge in [0.2, 0.25) is 0 Å². The number of aromatic nitrogens is 3. The number of amides is 1. The lowest BCUT2D eigenvalue weighted by molar-refractivity contribution is 0.0710. The number of para-hydroxylation sites is 1. The van der Waals surface area contributed by atoms with E-state index in [0.29, 0.717) is 5.92 Å². The number of likely N-dealkylation sites (tertiary alicyclic amines) is 1. The Morgan fingerprint density at radius 2 is 1.81 bits per heavy atom. The van der Waals surface area contributed by atoms with Crippen LogP contribution in [0.4, 0.5) is 0 Å². The molecule has 0 radical (unpaired) electrons. The Kier molecular flexibility index (Phi) is 4.60. The van der Waals surface area contributed by atoms with Gasteiger partial charge in [0.25, 0.3) is 5.91 Å². The van der Waals surface area contributed by atoms with Crippen LogP contribution in [0.3, 0.4) is 0 Å². The molecule has 27 heavy (non-hydrogen) atoms. The fourth-order valence-corrected chi connectivity index (χ4v) is 4.24. The van der Waals surface area contributed by atoms with Gasteiger partial charge < -0.3 is 14.0 Å². The summed E-state index contributed by atoms with van der Waals surface area (Å²) in [6.07, 6.45) is 5.78. The molecule has 0 bridgehead atoms. The Morgan fingerprint density at radius 3 is 2.44 bits per heavy atom. The van der Waals surface area contributed by atoms with E-state index < -0.39 is 0 Å². The highest BCUT2D eigenvalue weighted by molar-refractivity contribution is 5.96. The van der Waals surface area contributed by atoms with E-state index >= 15 is 0 Å². The minimum absolute atomic E-state index is 0.142. The van der Waals surface area contributed by atoms with E-state index in [-0.39, 0.29) is 5.91 Å². The predicted molar refractivity (Wildman–Crippen MR) is 106 cm³/mol. The van der Waals surface area contributed by atoms with E-state index in [4.69, 9.17) is 0 Å². The Hall–Kier alpha value is -2.82. The molecule has 1 saturated heterocycles. The summed E-state index contributed by atoms with van der Waals surface area (Å²) in [5.41, 5.74) is 4.01. The highest BCUT2D eigenvalue weighted by Gasteiger charge is 2.28. The SMILES string of the molecule is Cc1cc(C(=O)N2CCC(c3nccn3C)CC2)c(C)n1-c1ccccc1. The number of aryl methyl sites for hydroxylation is 2. The molecular formula is C22H26N4O. The summed E-state index contributed by atoms with van der Waals surface area (Å²) in [5, 5.41) is 0. The maximum atomic E-state index is 13.2. The first-order valence-electron chi connectivity index (χ1n) is 9.57. The number of hydrogen-bond acceptors (Lipinski definition) is 2. The fraction of sp³-hybridized carbons (Fsp3) is 0.364. The number of nitrogens with zero attached hydrogens (tertiary/aromatic N) is 4. The Labute approximate surface area is 160 Å². The van der Waals surface area contributed by atoms with Gasteiger partial charge in [-0.05, 0) is 44.9 Å². The van der Waals surface area contributed by atoms with Gasteiger partial charge in [0.05, 0.1) is 5.56 Å². The molecule has 0 spiro atoms. The van der Waals surface area contributed by atoms with E-state index in [1.807, 2.05) is 55.5 Å². The Bertz CT molecular complexity index is 946. The average molecular weight is 362 g/mol. The molecule has 3 heterocycles. The molecule has 3 aromatic rings. The lowest BCUT2D eigenvalue weighted by Crippen LogP contribution is -2.38. The topological polar surface area (TPSA) is 43.1 Å². The van der Waals surface area contributed by atoms with Gasteiger partial charge in [-0.25, -0.2) is 4.98 Å². The molecule has 0 aliphatic carbocycles. The van der Waals surface area contributed by atoms with Gasteiger partial charge in [-0.2, -0.15) is 0 Å². The van der Waals surface area contributed by atoms with Gasteiger partial charge in [-0.1, -0.05) is 18.2 Å². The fourth-order valence-electron chi connectivity index (χ4n) is 4.24. The third-order valence-corrected chi connectivity index (χ3v) is 5.68. The van der Waals surface area contributed by atoms with Crippen LogP contribution in [0.5, 0.6) is 0 Å². The molecule has 1 fully saturated rings. The van der Waals surface area contributed by atoms with Crippen LogP contribution in [0.25, 0.3) is 5.69 Å². The molecule has 5 heteroatoms. The molecule has 5 nitrogen and oxygen atoms in total. The lowest BCUT2D eigenvalue weighted by Gasteiger charge is -2.31. The van der Waals surface area contributed by atoms with E-state index in [0.717, 1.165) is 54.4 Å². The number of benzene rings is 1. The molecule has 0 N–H and O–H groups in total. The summed E-state index contributed by atoms with van der Waals surface area (Å²) >= 11 is 0. The zero-order valence-electron chi connectivity index (χ0n) is 16.2. The molecule has 4 rings (SSSR count). The van der Waals surface area contributed by atoms with Crippen molar-refractivity contribution in [3.05, 3.63) is 71.6 Å². The zero-order chi connectivity index (χ0) is 19.0. The maximum Gasteiger partial charge on any atom is 0.255 e. The van der Waals surface area contributed by atoms with Crippen LogP contribution < -0.4 is 0 Å². The van der Waals surface area contributed by atoms with Gasteiger partial charge in [-0.3, -0.25) is 4.79 Å². The first-order chi connectivity index (χ1) is 13.1. The molecule has 1 aromatic carbocycles. The van der Waals surface area contributed by atoms with Crippen molar-refractivity contribution in [3.8, 4) is 5.69 Å². The predicted octanol–water partition coefficient (Wildman–Crippen LogP) is 3.85. The normalized spacial score (nSPS) is 15.3. The van der Waals surface area contributed by atoms with Gasteiger partial charge in [0.1, 0.15) is 5.82 Å². The number of piperidine rings is 1. The van der Waals surface area contributed by atoms with Crippen molar-refractivity contribution in [2.24, 2.45) is 7.05 Å². The number of carbonyl (C=O) groups excluding carboxylic acids is 1. The molecule has 1 aliphatic heterocycles. The van der Waals surface area contributed by atoms with E-state index in [2.05, 4.69) is 33.2 Å². The monoisotopic (exact) mass is 362 g/mol. The third kappa shape index (κ3) is 3.18. The summed E-state index contributed by atoms with van der Waals surface area (Å²) in [6.45, 7) is 5.66. The Morgan fingerprint density at radius 1 is 1.11 bits per heavy atom. The summed E-state index contributed by atoms with van der Waals surface area (Å²) in [5.74, 6) is 1.71. The van der Waals surface area contributed by atoms with Crippen molar-refractivity contribution in [1.29, 1.82) is 0 Å². The van der Waals surface area contributed by atoms with Crippen molar-refractivity contribution in [2.75, 3.05) is 13.1 Å². The van der Waals surface area contributed by atoms with Crippen molar-refractivity contribution in [1.82, 2.24) is 19.0 Å². The summed E-state index contributed by atoms with van der Waals surface area (Å²) in [4.78, 5) is 19.7. The van der Waals surface area contributed by atoms with E-state index in [1.54, 1.807) is 0 Å². The van der Waals surface area contributed by atoms with Crippen LogP contribution in [-0.2, 0) is 7.05 Å². The minimum atomic E-state index is 0.142. The number of carbonyl (C=O) groups is 1. The molecule has 2 aromatic heterocycles. The average Bonchev–Trinajstić information content (AvgIpc) is 3.24. The Balaban J connectivity index is 1.52. The minimum Gasteiger partial charge on any atom is -0.339 e. The number of imidazole rings is 1. The molecule has 0 saturated carbocycles. The molecule has 1 amide bonds. The second-order valence-corrected chi connectivity index (χ2v) is 7.42. The number of rotatable bonds is 3. The lowest BCUT2D eigenvalue weighted by atomic mass is 9.95. The van der Waals surface area contributed by atoms with Crippen LogP contribution in [0.1, 0.15) is 46.3 Å². The smallest absolute Gasteiger partial charge is 0.255 e. The third-order valence-electron chi connectivity index (χ3n) is 5.68. The van der Waals surface area contributed by atoms with E-state index in [1.165, 1.54) is 0 Å². The molecular weight excluding hydrogens is 336 g/mol. The maximum absolute atomic E-state index is 13.2. The van der Waals surface area contributed by atoms with Gasteiger partial charge >= 0.3 is 0 Å². The van der Waals surface area contributed by atoms with Crippen LogP contribution in [0.15, 0.2) is 48.8 Å². The van der Waals surface area contributed by atoms with Crippen LogP contribution in [0.2, 0.25) is 0 Å². The van der Waals surface area contributed by atoms with Crippen molar-refractivity contribution in [2.45, 2.75) is 32.6 Å². The summed E-state index contributed by atoms with van der Waals surface area (Å²) < 4.78 is 4.25. The summed E-state index contributed by atoms with van der Waals surface area (Å²) in [7, 11) is 2.04. The highest BCUT2D eigenvalue weighted by atomic mass is 16.2. The largest absolute Gasteiger partial charge is 0.339 e. The van der Waals surface area contributed by atoms with Crippen LogP contribution >= 0.6 is 0 Å². The quantitative estimate of drug-likeness (QED) is 0.710. The van der Waals surface area contributed by atoms with Crippen molar-refractivity contribution in [3.63, 3.8) is 0 Å². The second-order valence-electron chi connectivity index (χ2n) is 7.42. The number of hydrogen-bond donors (Lipinski definition) is 0. The molecule has 1 aliphatic rings. The highest BCUT2D eigenvalue weighted by Crippen LogP contribution is 2.28. The first kappa shape index (κ1) is 17.6. The van der Waals surface area contributed by atoms with Crippen molar-refractivity contribution >= 4 is 5.91 Å². The van der Waals surface area contributed by atoms with Crippen LogP contribution in [0, 0.1) is 13.8 Å². The molecule has 140 valence electrons. The van der Waals surface area contributed by atoms with Crippen LogP contribution in [-0.4, -0.2) is 38.0 Å². The molecule has 0 unspecified atom stereocenters. The second kappa shape index (κ2) is 7.06. The zero-order valence-corrected chi connectivity index (χ0v) is 16.2. The summed E-state index contributed by atoms with van der Waals surface area (Å²) in [6, 6.07) is 12.2. The van der Waals surface area contributed by atoms with Crippen molar-refractivity contribution < 1.29 is 4.79 Å².